The van der Waals surface area contributed by atoms with Gasteiger partial charge in [-0.25, -0.2) is 19.2 Å². The number of aliphatic hydroxyl groups is 3. The van der Waals surface area contributed by atoms with Crippen molar-refractivity contribution in [2.45, 2.75) is 36.9 Å². The molecule has 8 aromatic carbocycles. The molecule has 0 fully saturated rings. The SMILES string of the molecule is O=c1oc2cc(OCC(COc3ccc4cc(-c5ccccc5C(F)(F)F)c(=O)oc4c3)OCO)ccc2cc1-c1ccccc1C(F)(F)F.O=c1oc2cc(OCC(O)COc3ccc4cc(-c5ccccc5C(F)(F)F)c(=O)oc4c3)ccc2cc1-c1ccccc1C(F)(F)F.OCBr. The first kappa shape index (κ1) is 73.0. The lowest BCUT2D eigenvalue weighted by Crippen LogP contribution is -2.29. The predicted octanol–water partition coefficient (Wildman–Crippen LogP) is 16.5. The van der Waals surface area contributed by atoms with Crippen molar-refractivity contribution in [1.29, 1.82) is 0 Å². The average Bonchev–Trinajstić information content (AvgIpc) is 0.795. The number of hydrogen-bond donors (Lipinski definition) is 3. The van der Waals surface area contributed by atoms with Gasteiger partial charge in [0.15, 0.2) is 0 Å². The highest BCUT2D eigenvalue weighted by atomic mass is 79.9. The van der Waals surface area contributed by atoms with Gasteiger partial charge >= 0.3 is 47.2 Å². The van der Waals surface area contributed by atoms with E-state index in [2.05, 4.69) is 15.9 Å². The van der Waals surface area contributed by atoms with Gasteiger partial charge in [0.1, 0.15) is 90.8 Å². The molecule has 12 rings (SSSR count). The molecule has 0 saturated heterocycles. The van der Waals surface area contributed by atoms with Crippen molar-refractivity contribution in [1.82, 2.24) is 0 Å². The molecule has 29 heteroatoms. The average molecular weight is 1480 g/mol. The van der Waals surface area contributed by atoms with Gasteiger partial charge in [-0.3, -0.25) is 0 Å². The van der Waals surface area contributed by atoms with Crippen LogP contribution in [-0.2, 0) is 29.4 Å². The van der Waals surface area contributed by atoms with Crippen LogP contribution in [0.5, 0.6) is 23.0 Å². The monoisotopic (exact) mass is 1480 g/mol. The van der Waals surface area contributed by atoms with Crippen molar-refractivity contribution in [3.8, 4) is 67.5 Å². The summed E-state index contributed by atoms with van der Waals surface area (Å²) in [6.07, 6.45) is -20.7. The van der Waals surface area contributed by atoms with Gasteiger partial charge in [-0.05, 0) is 97.1 Å². The largest absolute Gasteiger partial charge is 0.491 e. The Bertz CT molecular complexity index is 4900. The maximum Gasteiger partial charge on any atom is 0.417 e. The fourth-order valence-corrected chi connectivity index (χ4v) is 10.4. The van der Waals surface area contributed by atoms with Crippen LogP contribution >= 0.6 is 15.9 Å². The summed E-state index contributed by atoms with van der Waals surface area (Å²) >= 11 is 2.70. The number of fused-ring (bicyclic) bond motifs is 4. The second kappa shape index (κ2) is 30.8. The van der Waals surface area contributed by atoms with E-state index in [4.69, 9.17) is 46.5 Å². The molecule has 524 valence electrons. The van der Waals surface area contributed by atoms with E-state index in [0.29, 0.717) is 21.5 Å². The number of rotatable bonds is 18. The number of benzene rings is 8. The summed E-state index contributed by atoms with van der Waals surface area (Å²) in [6.45, 7) is -1.56. The van der Waals surface area contributed by atoms with E-state index in [-0.39, 0.29) is 122 Å². The number of aliphatic hydroxyl groups excluding tert-OH is 3. The molecule has 0 aliphatic heterocycles. The molecule has 101 heavy (non-hydrogen) atoms. The van der Waals surface area contributed by atoms with Gasteiger partial charge in [0.05, 0.1) is 50.0 Å². The Morgan fingerprint density at radius 1 is 0.337 bits per heavy atom. The number of alkyl halides is 13. The summed E-state index contributed by atoms with van der Waals surface area (Å²) in [5, 5.41) is 28.7. The fourth-order valence-electron chi connectivity index (χ4n) is 10.4. The lowest BCUT2D eigenvalue weighted by atomic mass is 10.00. The van der Waals surface area contributed by atoms with Crippen LogP contribution in [0.15, 0.2) is 231 Å². The van der Waals surface area contributed by atoms with Crippen molar-refractivity contribution >= 4 is 59.8 Å². The Labute approximate surface area is 568 Å². The molecule has 0 spiro atoms. The quantitative estimate of drug-likeness (QED) is 0.0314. The van der Waals surface area contributed by atoms with E-state index in [1.807, 2.05) is 0 Å². The molecule has 0 aliphatic rings. The summed E-state index contributed by atoms with van der Waals surface area (Å²) in [6, 6.07) is 41.3. The lowest BCUT2D eigenvalue weighted by molar-refractivity contribution is -0.137. The first-order chi connectivity index (χ1) is 48.0. The maximum atomic E-state index is 13.5. The predicted molar refractivity (Wildman–Crippen MR) is 348 cm³/mol. The van der Waals surface area contributed by atoms with Crippen molar-refractivity contribution in [3.63, 3.8) is 0 Å². The summed E-state index contributed by atoms with van der Waals surface area (Å²) in [5.74, 6) is 0.823. The normalized spacial score (nSPS) is 12.0. The van der Waals surface area contributed by atoms with Crippen LogP contribution in [0.25, 0.3) is 88.4 Å². The molecule has 12 aromatic rings. The van der Waals surface area contributed by atoms with Crippen LogP contribution in [0.3, 0.4) is 0 Å². The fraction of sp³-hybridized carbons (Fsp3) is 0.167. The van der Waals surface area contributed by atoms with E-state index in [0.717, 1.165) is 24.3 Å². The molecule has 0 unspecified atom stereocenters. The van der Waals surface area contributed by atoms with E-state index in [1.165, 1.54) is 170 Å². The van der Waals surface area contributed by atoms with Crippen LogP contribution < -0.4 is 41.4 Å². The van der Waals surface area contributed by atoms with E-state index < -0.39 is 88.5 Å². The van der Waals surface area contributed by atoms with Crippen LogP contribution in [0.2, 0.25) is 0 Å². The molecule has 0 amide bonds. The zero-order valence-electron chi connectivity index (χ0n) is 51.4. The van der Waals surface area contributed by atoms with E-state index >= 15 is 0 Å². The highest BCUT2D eigenvalue weighted by Crippen LogP contribution is 2.41. The second-order valence-corrected chi connectivity index (χ2v) is 22.2. The standard InChI is InChI=1S/C36H24F6O8.C35H22F6O7.CH3BrO/c37-35(38,39)29-7-3-1-5-25(29)27-13-20-9-11-22(15-31(20)49-33(27)44)46-17-24(48-19-43)18-47-23-12-10-21-14-28(34(45)50-32(21)16-23)26-6-2-4-8-30(26)36(40,41)42;36-34(37,38)28-7-3-1-5-24(28)26-13-19-9-11-22(15-30(19)47-32(26)43)45-17-21(42)18-46-23-12-10-20-14-27(33(44)48-31(20)16-23)25-6-2-4-8-29(25)35(39,40)41;2-1-3/h1-16,24,43H,17-19H2;1-16,21,42H,17-18H2;3H,1H2. The molecule has 0 aliphatic carbocycles. The molecular formula is C72H49BrF12O16. The van der Waals surface area contributed by atoms with Gasteiger partial charge in [-0.15, -0.1) is 0 Å². The van der Waals surface area contributed by atoms with Crippen molar-refractivity contribution in [2.24, 2.45) is 0 Å². The molecule has 4 heterocycles. The Morgan fingerprint density at radius 2 is 0.564 bits per heavy atom. The molecule has 4 aromatic heterocycles. The van der Waals surface area contributed by atoms with Gasteiger partial charge in [-0.1, -0.05) is 88.7 Å². The number of halogens is 13. The van der Waals surface area contributed by atoms with Gasteiger partial charge in [0, 0.05) is 68.1 Å². The van der Waals surface area contributed by atoms with Gasteiger partial charge in [-0.2, -0.15) is 52.7 Å². The summed E-state index contributed by atoms with van der Waals surface area (Å²) in [4.78, 5) is 50.7. The summed E-state index contributed by atoms with van der Waals surface area (Å²) in [7, 11) is 0. The highest BCUT2D eigenvalue weighted by molar-refractivity contribution is 9.09. The minimum atomic E-state index is -4.68. The number of ether oxygens (including phenoxy) is 5. The van der Waals surface area contributed by atoms with Crippen molar-refractivity contribution < 1.29 is 109 Å². The highest BCUT2D eigenvalue weighted by Gasteiger charge is 2.38. The zero-order valence-corrected chi connectivity index (χ0v) is 53.0. The molecule has 0 saturated carbocycles. The van der Waals surface area contributed by atoms with Crippen LogP contribution in [-0.4, -0.2) is 66.3 Å². The number of hydrogen-bond acceptors (Lipinski definition) is 16. The van der Waals surface area contributed by atoms with Crippen LogP contribution in [0.4, 0.5) is 52.7 Å². The Hall–Kier alpha value is -10.7. The molecule has 3 N–H and O–H groups in total. The van der Waals surface area contributed by atoms with E-state index in [1.54, 1.807) is 0 Å². The Kier molecular flexibility index (Phi) is 22.3. The maximum absolute atomic E-state index is 13.5. The topological polar surface area (TPSA) is 228 Å². The molecule has 16 nitrogen and oxygen atoms in total. The minimum absolute atomic E-state index is 0.0548. The summed E-state index contributed by atoms with van der Waals surface area (Å²) in [5.41, 5.74) is -9.78. The molecular weight excluding hydrogens is 1430 g/mol. The summed E-state index contributed by atoms with van der Waals surface area (Å²) < 4.78 is 211. The third-order valence-corrected chi connectivity index (χ3v) is 15.0. The first-order valence-electron chi connectivity index (χ1n) is 29.6. The third kappa shape index (κ3) is 17.7. The molecule has 0 radical (unpaired) electrons. The smallest absolute Gasteiger partial charge is 0.417 e. The minimum Gasteiger partial charge on any atom is -0.491 e. The molecule has 0 bridgehead atoms. The van der Waals surface area contributed by atoms with Gasteiger partial charge in [0.2, 0.25) is 0 Å². The second-order valence-electron chi connectivity index (χ2n) is 21.7. The Balaban J connectivity index is 0.000000210. The van der Waals surface area contributed by atoms with E-state index in [9.17, 15) is 82.1 Å². The van der Waals surface area contributed by atoms with Gasteiger partial charge in [0.25, 0.3) is 0 Å². The molecule has 0 atom stereocenters. The van der Waals surface area contributed by atoms with Crippen LogP contribution in [0, 0.1) is 0 Å². The van der Waals surface area contributed by atoms with Crippen molar-refractivity contribution in [2.75, 3.05) is 38.7 Å². The zero-order chi connectivity index (χ0) is 72.6. The van der Waals surface area contributed by atoms with Gasteiger partial charge < -0.3 is 56.7 Å². The van der Waals surface area contributed by atoms with Crippen LogP contribution in [0.1, 0.15) is 22.3 Å². The first-order valence-corrected chi connectivity index (χ1v) is 30.7. The van der Waals surface area contributed by atoms with Crippen molar-refractivity contribution in [3.05, 3.63) is 258 Å². The Morgan fingerprint density at radius 3 is 0.792 bits per heavy atom. The third-order valence-electron chi connectivity index (χ3n) is 15.0. The lowest BCUT2D eigenvalue weighted by Gasteiger charge is -2.18.